The SMILES string of the molecule is CCC1CCCCN1C(=O)c1ccc(Nc2cccc3cccnc23)nc1. The molecule has 1 unspecified atom stereocenters. The fraction of sp³-hybridized carbons (Fsp3) is 0.318. The van der Waals surface area contributed by atoms with E-state index in [0.717, 1.165) is 42.4 Å². The van der Waals surface area contributed by atoms with E-state index >= 15 is 0 Å². The second-order valence-corrected chi connectivity index (χ2v) is 6.99. The fourth-order valence-corrected chi connectivity index (χ4v) is 3.80. The first-order valence-corrected chi connectivity index (χ1v) is 9.64. The van der Waals surface area contributed by atoms with Gasteiger partial charge in [-0.15, -0.1) is 0 Å². The number of rotatable bonds is 4. The van der Waals surface area contributed by atoms with Crippen molar-refractivity contribution in [2.24, 2.45) is 0 Å². The summed E-state index contributed by atoms with van der Waals surface area (Å²) in [4.78, 5) is 23.8. The van der Waals surface area contributed by atoms with Crippen LogP contribution in [0.1, 0.15) is 43.0 Å². The molecule has 0 bridgehead atoms. The summed E-state index contributed by atoms with van der Waals surface area (Å²) in [5.74, 6) is 0.794. The molecule has 1 aromatic carbocycles. The summed E-state index contributed by atoms with van der Waals surface area (Å²) in [7, 11) is 0. The van der Waals surface area contributed by atoms with Gasteiger partial charge in [0.1, 0.15) is 5.82 Å². The third-order valence-corrected chi connectivity index (χ3v) is 5.27. The zero-order valence-electron chi connectivity index (χ0n) is 15.6. The van der Waals surface area contributed by atoms with Crippen molar-refractivity contribution in [3.05, 3.63) is 60.4 Å². The van der Waals surface area contributed by atoms with Gasteiger partial charge in [0.25, 0.3) is 5.91 Å². The predicted molar refractivity (Wildman–Crippen MR) is 108 cm³/mol. The van der Waals surface area contributed by atoms with Gasteiger partial charge in [0.15, 0.2) is 0 Å². The summed E-state index contributed by atoms with van der Waals surface area (Å²) in [5.41, 5.74) is 2.46. The maximum absolute atomic E-state index is 12.9. The summed E-state index contributed by atoms with van der Waals surface area (Å²) >= 11 is 0. The molecule has 0 aliphatic carbocycles. The number of hydrogen-bond acceptors (Lipinski definition) is 4. The third kappa shape index (κ3) is 3.63. The van der Waals surface area contributed by atoms with E-state index < -0.39 is 0 Å². The summed E-state index contributed by atoms with van der Waals surface area (Å²) in [5, 5.41) is 4.39. The molecule has 27 heavy (non-hydrogen) atoms. The number of anilines is 2. The van der Waals surface area contributed by atoms with Gasteiger partial charge in [-0.1, -0.05) is 25.1 Å². The second-order valence-electron chi connectivity index (χ2n) is 6.99. The highest BCUT2D eigenvalue weighted by Crippen LogP contribution is 2.25. The number of carbonyl (C=O) groups is 1. The molecule has 3 aromatic rings. The van der Waals surface area contributed by atoms with Crippen LogP contribution in [0, 0.1) is 0 Å². The minimum atomic E-state index is 0.0902. The van der Waals surface area contributed by atoms with E-state index in [0.29, 0.717) is 17.4 Å². The Labute approximate surface area is 159 Å². The minimum Gasteiger partial charge on any atom is -0.338 e. The van der Waals surface area contributed by atoms with Crippen LogP contribution in [0.25, 0.3) is 10.9 Å². The summed E-state index contributed by atoms with van der Waals surface area (Å²) in [6.07, 6.45) is 7.86. The molecule has 1 N–H and O–H groups in total. The zero-order chi connectivity index (χ0) is 18.6. The first-order chi connectivity index (χ1) is 13.3. The molecule has 5 nitrogen and oxygen atoms in total. The molecule has 1 fully saturated rings. The number of aromatic nitrogens is 2. The van der Waals surface area contributed by atoms with Crippen LogP contribution in [0.4, 0.5) is 11.5 Å². The minimum absolute atomic E-state index is 0.0902. The molecular weight excluding hydrogens is 336 g/mol. The van der Waals surface area contributed by atoms with E-state index in [2.05, 4.69) is 22.2 Å². The van der Waals surface area contributed by atoms with Crippen LogP contribution in [0.5, 0.6) is 0 Å². The highest BCUT2D eigenvalue weighted by molar-refractivity contribution is 5.95. The molecule has 0 spiro atoms. The lowest BCUT2D eigenvalue weighted by atomic mass is 9.99. The standard InChI is InChI=1S/C22H24N4O/c1-2-18-9-3-4-14-26(18)22(27)17-11-12-20(24-15-17)25-19-10-5-7-16-8-6-13-23-21(16)19/h5-8,10-13,15,18H,2-4,9,14H2,1H3,(H,24,25). The number of hydrogen-bond donors (Lipinski definition) is 1. The lowest BCUT2D eigenvalue weighted by Gasteiger charge is -2.35. The number of pyridine rings is 2. The van der Waals surface area contributed by atoms with Crippen molar-refractivity contribution >= 4 is 28.3 Å². The molecule has 0 saturated carbocycles. The molecule has 1 aliphatic rings. The monoisotopic (exact) mass is 360 g/mol. The molecule has 138 valence electrons. The Bertz CT molecular complexity index is 933. The number of likely N-dealkylation sites (tertiary alicyclic amines) is 1. The quantitative estimate of drug-likeness (QED) is 0.727. The summed E-state index contributed by atoms with van der Waals surface area (Å²) < 4.78 is 0. The Morgan fingerprint density at radius 1 is 1.15 bits per heavy atom. The van der Waals surface area contributed by atoms with Gasteiger partial charge in [0.2, 0.25) is 0 Å². The van der Waals surface area contributed by atoms with Crippen molar-refractivity contribution in [1.82, 2.24) is 14.9 Å². The van der Waals surface area contributed by atoms with Crippen molar-refractivity contribution < 1.29 is 4.79 Å². The Balaban J connectivity index is 1.53. The molecule has 1 amide bonds. The van der Waals surface area contributed by atoms with E-state index in [1.165, 1.54) is 6.42 Å². The van der Waals surface area contributed by atoms with E-state index in [1.54, 1.807) is 12.4 Å². The molecule has 1 atom stereocenters. The van der Waals surface area contributed by atoms with Crippen molar-refractivity contribution in [2.45, 2.75) is 38.6 Å². The molecule has 2 aromatic heterocycles. The van der Waals surface area contributed by atoms with E-state index in [1.807, 2.05) is 47.4 Å². The molecule has 4 rings (SSSR count). The largest absolute Gasteiger partial charge is 0.338 e. The van der Waals surface area contributed by atoms with Gasteiger partial charge in [-0.2, -0.15) is 0 Å². The van der Waals surface area contributed by atoms with Gasteiger partial charge in [-0.05, 0) is 49.9 Å². The lowest BCUT2D eigenvalue weighted by Crippen LogP contribution is -2.43. The van der Waals surface area contributed by atoms with Crippen LogP contribution in [0.15, 0.2) is 54.9 Å². The van der Waals surface area contributed by atoms with Crippen LogP contribution in [-0.2, 0) is 0 Å². The van der Waals surface area contributed by atoms with Crippen LogP contribution >= 0.6 is 0 Å². The van der Waals surface area contributed by atoms with Crippen molar-refractivity contribution in [1.29, 1.82) is 0 Å². The molecule has 1 aliphatic heterocycles. The van der Waals surface area contributed by atoms with Crippen LogP contribution in [0.3, 0.4) is 0 Å². The van der Waals surface area contributed by atoms with Crippen molar-refractivity contribution in [3.63, 3.8) is 0 Å². The first-order valence-electron chi connectivity index (χ1n) is 9.64. The van der Waals surface area contributed by atoms with Gasteiger partial charge >= 0.3 is 0 Å². The maximum Gasteiger partial charge on any atom is 0.255 e. The number of piperidine rings is 1. The highest BCUT2D eigenvalue weighted by Gasteiger charge is 2.26. The summed E-state index contributed by atoms with van der Waals surface area (Å²) in [6.45, 7) is 3.00. The number of fused-ring (bicyclic) bond motifs is 1. The Morgan fingerprint density at radius 2 is 2.04 bits per heavy atom. The number of carbonyl (C=O) groups excluding carboxylic acids is 1. The van der Waals surface area contributed by atoms with Crippen LogP contribution in [-0.4, -0.2) is 33.4 Å². The zero-order valence-corrected chi connectivity index (χ0v) is 15.6. The topological polar surface area (TPSA) is 58.1 Å². The van der Waals surface area contributed by atoms with E-state index in [4.69, 9.17) is 0 Å². The fourth-order valence-electron chi connectivity index (χ4n) is 3.80. The maximum atomic E-state index is 12.9. The number of benzene rings is 1. The van der Waals surface area contributed by atoms with Crippen LogP contribution in [0.2, 0.25) is 0 Å². The number of para-hydroxylation sites is 1. The first kappa shape index (κ1) is 17.5. The Morgan fingerprint density at radius 3 is 2.85 bits per heavy atom. The van der Waals surface area contributed by atoms with Crippen LogP contribution < -0.4 is 5.32 Å². The molecule has 5 heteroatoms. The normalized spacial score (nSPS) is 17.1. The van der Waals surface area contributed by atoms with Gasteiger partial charge < -0.3 is 10.2 Å². The predicted octanol–water partition coefficient (Wildman–Crippen LogP) is 4.78. The number of nitrogens with one attached hydrogen (secondary N) is 1. The van der Waals surface area contributed by atoms with Gasteiger partial charge in [0.05, 0.1) is 16.8 Å². The average Bonchev–Trinajstić information content (AvgIpc) is 2.74. The molecule has 3 heterocycles. The number of nitrogens with zero attached hydrogens (tertiary/aromatic N) is 3. The van der Waals surface area contributed by atoms with Crippen molar-refractivity contribution in [2.75, 3.05) is 11.9 Å². The van der Waals surface area contributed by atoms with E-state index in [9.17, 15) is 4.79 Å². The van der Waals surface area contributed by atoms with Crippen molar-refractivity contribution in [3.8, 4) is 0 Å². The smallest absolute Gasteiger partial charge is 0.255 e. The van der Waals surface area contributed by atoms with E-state index in [-0.39, 0.29) is 5.91 Å². The number of amides is 1. The lowest BCUT2D eigenvalue weighted by molar-refractivity contribution is 0.0607. The molecule has 0 radical (unpaired) electrons. The highest BCUT2D eigenvalue weighted by atomic mass is 16.2. The Hall–Kier alpha value is -2.95. The third-order valence-electron chi connectivity index (χ3n) is 5.27. The second kappa shape index (κ2) is 7.74. The molecular formula is C22H24N4O. The summed E-state index contributed by atoms with van der Waals surface area (Å²) in [6, 6.07) is 14.0. The molecule has 1 saturated heterocycles. The average molecular weight is 360 g/mol. The van der Waals surface area contributed by atoms with Gasteiger partial charge in [-0.3, -0.25) is 9.78 Å². The van der Waals surface area contributed by atoms with Gasteiger partial charge in [-0.25, -0.2) is 4.98 Å². The Kier molecular flexibility index (Phi) is 5.01. The van der Waals surface area contributed by atoms with Gasteiger partial charge in [0, 0.05) is 30.4 Å².